The molecule has 4 nitrogen and oxygen atoms in total. The monoisotopic (exact) mass is 397 g/mol. The van der Waals surface area contributed by atoms with Crippen molar-refractivity contribution in [3.63, 3.8) is 0 Å². The fourth-order valence-corrected chi connectivity index (χ4v) is 4.74. The first-order valence-corrected chi connectivity index (χ1v) is 10.9. The smallest absolute Gasteiger partial charge is 0.230 e. The predicted molar refractivity (Wildman–Crippen MR) is 120 cm³/mol. The number of nitrogens with one attached hydrogen (secondary N) is 1. The quantitative estimate of drug-likeness (QED) is 0.431. The first-order valence-electron chi connectivity index (χ1n) is 10.9. The number of benzene rings is 3. The number of hydrogen-bond acceptors (Lipinski definition) is 4. The molecule has 5 rings (SSSR count). The molecule has 30 heavy (non-hydrogen) atoms. The van der Waals surface area contributed by atoms with E-state index in [0.29, 0.717) is 23.8 Å². The standard InChI is InChI=1S/C26H27N3O/c1-18(23-16-8-12-19-9-5-6-15-24(19)23)27-22-14-7-13-21(17-22)26-28-25(29-30-26)20-10-3-2-4-11-20/h2-6,8-12,15-16,18,21-22,27H,7,13-14,17H2,1H3. The van der Waals surface area contributed by atoms with E-state index in [-0.39, 0.29) is 0 Å². The summed E-state index contributed by atoms with van der Waals surface area (Å²) in [5.74, 6) is 1.78. The molecule has 3 aromatic carbocycles. The van der Waals surface area contributed by atoms with Gasteiger partial charge in [0.25, 0.3) is 0 Å². The minimum Gasteiger partial charge on any atom is -0.339 e. The third-order valence-corrected chi connectivity index (χ3v) is 6.27. The first kappa shape index (κ1) is 19.0. The van der Waals surface area contributed by atoms with Gasteiger partial charge in [0, 0.05) is 23.6 Å². The summed E-state index contributed by atoms with van der Waals surface area (Å²) in [6.07, 6.45) is 4.50. The van der Waals surface area contributed by atoms with Gasteiger partial charge >= 0.3 is 0 Å². The number of nitrogens with zero attached hydrogens (tertiary/aromatic N) is 2. The molecule has 0 spiro atoms. The van der Waals surface area contributed by atoms with E-state index in [1.165, 1.54) is 29.2 Å². The Balaban J connectivity index is 1.29. The maximum absolute atomic E-state index is 5.67. The zero-order valence-electron chi connectivity index (χ0n) is 17.3. The molecule has 0 amide bonds. The molecule has 152 valence electrons. The van der Waals surface area contributed by atoms with Gasteiger partial charge in [0.05, 0.1) is 0 Å². The Hall–Kier alpha value is -2.98. The van der Waals surface area contributed by atoms with Gasteiger partial charge in [-0.05, 0) is 42.5 Å². The molecule has 3 atom stereocenters. The Bertz CT molecular complexity index is 1120. The number of fused-ring (bicyclic) bond motifs is 1. The van der Waals surface area contributed by atoms with Crippen molar-refractivity contribution in [2.45, 2.75) is 50.6 Å². The average Bonchev–Trinajstić information content (AvgIpc) is 3.30. The molecule has 0 bridgehead atoms. The van der Waals surface area contributed by atoms with Crippen LogP contribution in [0.25, 0.3) is 22.2 Å². The molecule has 1 aromatic heterocycles. The van der Waals surface area contributed by atoms with Crippen LogP contribution in [0.15, 0.2) is 77.3 Å². The Morgan fingerprint density at radius 3 is 2.63 bits per heavy atom. The zero-order valence-corrected chi connectivity index (χ0v) is 17.3. The second-order valence-corrected chi connectivity index (χ2v) is 8.34. The Kier molecular flexibility index (Phi) is 5.33. The lowest BCUT2D eigenvalue weighted by Gasteiger charge is -2.30. The Morgan fingerprint density at radius 2 is 1.73 bits per heavy atom. The van der Waals surface area contributed by atoms with Crippen molar-refractivity contribution in [2.75, 3.05) is 0 Å². The van der Waals surface area contributed by atoms with Crippen LogP contribution in [0.3, 0.4) is 0 Å². The first-order chi connectivity index (χ1) is 14.8. The Labute approximate surface area is 177 Å². The van der Waals surface area contributed by atoms with Crippen molar-refractivity contribution in [1.82, 2.24) is 15.5 Å². The maximum Gasteiger partial charge on any atom is 0.230 e. The van der Waals surface area contributed by atoms with Crippen LogP contribution in [0.1, 0.15) is 56.0 Å². The van der Waals surface area contributed by atoms with Crippen LogP contribution in [-0.4, -0.2) is 16.2 Å². The summed E-state index contributed by atoms with van der Waals surface area (Å²) < 4.78 is 5.67. The molecule has 1 aliphatic carbocycles. The lowest BCUT2D eigenvalue weighted by molar-refractivity contribution is 0.269. The molecule has 1 heterocycles. The largest absolute Gasteiger partial charge is 0.339 e. The summed E-state index contributed by atoms with van der Waals surface area (Å²) in [4.78, 5) is 4.71. The van der Waals surface area contributed by atoms with E-state index in [4.69, 9.17) is 9.51 Å². The van der Waals surface area contributed by atoms with Gasteiger partial charge in [-0.3, -0.25) is 0 Å². The second kappa shape index (κ2) is 8.41. The molecule has 1 aliphatic rings. The van der Waals surface area contributed by atoms with Gasteiger partial charge < -0.3 is 9.84 Å². The molecular formula is C26H27N3O. The molecule has 0 saturated heterocycles. The fraction of sp³-hybridized carbons (Fsp3) is 0.308. The van der Waals surface area contributed by atoms with Gasteiger partial charge in [-0.1, -0.05) is 84.4 Å². The summed E-state index contributed by atoms with van der Waals surface area (Å²) in [5.41, 5.74) is 2.36. The Morgan fingerprint density at radius 1 is 0.933 bits per heavy atom. The lowest BCUT2D eigenvalue weighted by atomic mass is 9.85. The van der Waals surface area contributed by atoms with E-state index in [2.05, 4.69) is 59.9 Å². The van der Waals surface area contributed by atoms with Gasteiger partial charge in [-0.2, -0.15) is 4.98 Å². The summed E-state index contributed by atoms with van der Waals surface area (Å²) in [6, 6.07) is 26.0. The molecule has 1 fully saturated rings. The van der Waals surface area contributed by atoms with Crippen LogP contribution < -0.4 is 5.32 Å². The highest BCUT2D eigenvalue weighted by Crippen LogP contribution is 2.34. The van der Waals surface area contributed by atoms with Crippen LogP contribution >= 0.6 is 0 Å². The van der Waals surface area contributed by atoms with Gasteiger partial charge in [-0.15, -0.1) is 0 Å². The van der Waals surface area contributed by atoms with Crippen molar-refractivity contribution >= 4 is 10.8 Å². The van der Waals surface area contributed by atoms with Crippen LogP contribution in [0.2, 0.25) is 0 Å². The lowest BCUT2D eigenvalue weighted by Crippen LogP contribution is -2.35. The van der Waals surface area contributed by atoms with Gasteiger partial charge in [0.15, 0.2) is 0 Å². The van der Waals surface area contributed by atoms with E-state index in [1.54, 1.807) is 0 Å². The van der Waals surface area contributed by atoms with E-state index >= 15 is 0 Å². The fourth-order valence-electron chi connectivity index (χ4n) is 4.74. The van der Waals surface area contributed by atoms with Crippen molar-refractivity contribution in [3.8, 4) is 11.4 Å². The van der Waals surface area contributed by atoms with Crippen LogP contribution in [0.5, 0.6) is 0 Å². The molecular weight excluding hydrogens is 370 g/mol. The minimum absolute atomic E-state index is 0.294. The van der Waals surface area contributed by atoms with Gasteiger partial charge in [0.2, 0.25) is 11.7 Å². The van der Waals surface area contributed by atoms with Crippen molar-refractivity contribution < 1.29 is 4.52 Å². The molecule has 4 aromatic rings. The van der Waals surface area contributed by atoms with Crippen LogP contribution in [-0.2, 0) is 0 Å². The molecule has 1 N–H and O–H groups in total. The normalized spacial score (nSPS) is 20.3. The van der Waals surface area contributed by atoms with E-state index in [1.807, 2.05) is 30.3 Å². The third-order valence-electron chi connectivity index (χ3n) is 6.27. The van der Waals surface area contributed by atoms with Crippen LogP contribution in [0, 0.1) is 0 Å². The van der Waals surface area contributed by atoms with Gasteiger partial charge in [0.1, 0.15) is 0 Å². The summed E-state index contributed by atoms with van der Waals surface area (Å²) in [6.45, 7) is 2.27. The van der Waals surface area contributed by atoms with E-state index < -0.39 is 0 Å². The molecule has 4 heteroatoms. The van der Waals surface area contributed by atoms with Crippen molar-refractivity contribution in [2.24, 2.45) is 0 Å². The average molecular weight is 398 g/mol. The minimum atomic E-state index is 0.294. The third kappa shape index (κ3) is 3.88. The van der Waals surface area contributed by atoms with Crippen molar-refractivity contribution in [3.05, 3.63) is 84.3 Å². The highest BCUT2D eigenvalue weighted by Gasteiger charge is 2.28. The zero-order chi connectivity index (χ0) is 20.3. The molecule has 0 radical (unpaired) electrons. The topological polar surface area (TPSA) is 51.0 Å². The maximum atomic E-state index is 5.67. The van der Waals surface area contributed by atoms with Crippen LogP contribution in [0.4, 0.5) is 0 Å². The summed E-state index contributed by atoms with van der Waals surface area (Å²) in [7, 11) is 0. The van der Waals surface area contributed by atoms with E-state index in [0.717, 1.165) is 24.3 Å². The van der Waals surface area contributed by atoms with Gasteiger partial charge in [-0.25, -0.2) is 0 Å². The predicted octanol–water partition coefficient (Wildman–Crippen LogP) is 6.27. The highest BCUT2D eigenvalue weighted by atomic mass is 16.5. The number of hydrogen-bond donors (Lipinski definition) is 1. The number of aromatic nitrogens is 2. The molecule has 1 saturated carbocycles. The second-order valence-electron chi connectivity index (χ2n) is 8.34. The summed E-state index contributed by atoms with van der Waals surface area (Å²) in [5, 5.41) is 10.7. The number of rotatable bonds is 5. The summed E-state index contributed by atoms with van der Waals surface area (Å²) >= 11 is 0. The van der Waals surface area contributed by atoms with E-state index in [9.17, 15) is 0 Å². The molecule has 3 unspecified atom stereocenters. The highest BCUT2D eigenvalue weighted by molar-refractivity contribution is 5.86. The SMILES string of the molecule is CC(NC1CCCC(c2nc(-c3ccccc3)no2)C1)c1cccc2ccccc12. The molecule has 0 aliphatic heterocycles. The van der Waals surface area contributed by atoms with Crippen molar-refractivity contribution in [1.29, 1.82) is 0 Å².